The predicted octanol–water partition coefficient (Wildman–Crippen LogP) is 2.60. The Labute approximate surface area is 131 Å². The number of carbonyl (C=O) groups excluding carboxylic acids is 2. The van der Waals surface area contributed by atoms with Crippen LogP contribution in [0.5, 0.6) is 0 Å². The second-order valence-corrected chi connectivity index (χ2v) is 5.93. The number of amides is 2. The average Bonchev–Trinajstić information content (AvgIpc) is 2.93. The normalized spacial score (nSPS) is 16.1. The third-order valence-electron chi connectivity index (χ3n) is 4.39. The Balaban J connectivity index is 1.83. The number of hydrogen-bond acceptors (Lipinski definition) is 4. The minimum Gasteiger partial charge on any atom is -0.360 e. The predicted molar refractivity (Wildman–Crippen MR) is 83.2 cm³/mol. The third-order valence-corrected chi connectivity index (χ3v) is 4.39. The molecule has 2 rings (SSSR count). The highest BCUT2D eigenvalue weighted by Crippen LogP contribution is 2.22. The molecule has 0 aliphatic carbocycles. The highest BCUT2D eigenvalue weighted by molar-refractivity contribution is 5.91. The molecule has 1 aromatic heterocycles. The Hall–Kier alpha value is -1.85. The van der Waals surface area contributed by atoms with Crippen LogP contribution < -0.4 is 5.32 Å². The summed E-state index contributed by atoms with van der Waals surface area (Å²) in [5.41, 5.74) is 0. The summed E-state index contributed by atoms with van der Waals surface area (Å²) < 4.78 is 4.93. The van der Waals surface area contributed by atoms with Crippen molar-refractivity contribution in [1.29, 1.82) is 0 Å². The largest absolute Gasteiger partial charge is 0.360 e. The van der Waals surface area contributed by atoms with Gasteiger partial charge < -0.3 is 14.7 Å². The van der Waals surface area contributed by atoms with E-state index < -0.39 is 0 Å². The van der Waals surface area contributed by atoms with Gasteiger partial charge in [0, 0.05) is 31.0 Å². The Kier molecular flexibility index (Phi) is 5.57. The lowest BCUT2D eigenvalue weighted by molar-refractivity contribution is -0.138. The molecule has 1 aromatic rings. The van der Waals surface area contributed by atoms with Gasteiger partial charge >= 0.3 is 0 Å². The molecule has 2 amide bonds. The monoisotopic (exact) mass is 307 g/mol. The zero-order valence-corrected chi connectivity index (χ0v) is 13.6. The van der Waals surface area contributed by atoms with E-state index in [1.807, 2.05) is 18.7 Å². The molecule has 1 fully saturated rings. The van der Waals surface area contributed by atoms with Crippen molar-refractivity contribution in [3.8, 4) is 0 Å². The number of aromatic nitrogens is 1. The highest BCUT2D eigenvalue weighted by Gasteiger charge is 2.29. The van der Waals surface area contributed by atoms with E-state index in [-0.39, 0.29) is 23.7 Å². The molecule has 2 heterocycles. The van der Waals surface area contributed by atoms with Crippen LogP contribution in [0.2, 0.25) is 0 Å². The van der Waals surface area contributed by atoms with Gasteiger partial charge in [-0.25, -0.2) is 0 Å². The minimum atomic E-state index is -0.0669. The lowest BCUT2D eigenvalue weighted by Crippen LogP contribution is -2.43. The second kappa shape index (κ2) is 7.42. The Morgan fingerprint density at radius 2 is 2.00 bits per heavy atom. The summed E-state index contributed by atoms with van der Waals surface area (Å²) in [6.07, 6.45) is 3.16. The summed E-state index contributed by atoms with van der Waals surface area (Å²) in [6, 6.07) is 1.70. The Morgan fingerprint density at radius 3 is 2.50 bits per heavy atom. The lowest BCUT2D eigenvalue weighted by Gasteiger charge is -2.33. The fourth-order valence-corrected chi connectivity index (χ4v) is 2.91. The van der Waals surface area contributed by atoms with Gasteiger partial charge in [-0.3, -0.25) is 9.59 Å². The number of nitrogens with zero attached hydrogens (tertiary/aromatic N) is 2. The first-order valence-electron chi connectivity index (χ1n) is 8.08. The van der Waals surface area contributed by atoms with Crippen molar-refractivity contribution in [3.63, 3.8) is 0 Å². The molecule has 0 saturated carbocycles. The fraction of sp³-hybridized carbons (Fsp3) is 0.688. The van der Waals surface area contributed by atoms with Gasteiger partial charge in [0.15, 0.2) is 5.82 Å². The summed E-state index contributed by atoms with van der Waals surface area (Å²) in [5.74, 6) is 1.36. The van der Waals surface area contributed by atoms with Crippen LogP contribution in [-0.2, 0) is 9.59 Å². The molecule has 0 spiro atoms. The van der Waals surface area contributed by atoms with Crippen molar-refractivity contribution in [2.24, 2.45) is 11.8 Å². The maximum atomic E-state index is 12.3. The standard InChI is InChI=1S/C16H25N3O3/c1-4-12(5-2)16(21)19-8-6-13(7-9-19)15(20)17-14-10-11(3)22-18-14/h10,12-13H,4-9H2,1-3H3,(H,17,18,20). The van der Waals surface area contributed by atoms with E-state index in [4.69, 9.17) is 4.52 Å². The van der Waals surface area contributed by atoms with Crippen LogP contribution in [0.4, 0.5) is 5.82 Å². The number of hydrogen-bond donors (Lipinski definition) is 1. The van der Waals surface area contributed by atoms with Gasteiger partial charge in [0.1, 0.15) is 5.76 Å². The van der Waals surface area contributed by atoms with Crippen LogP contribution in [0.25, 0.3) is 0 Å². The van der Waals surface area contributed by atoms with Crippen molar-refractivity contribution >= 4 is 17.6 Å². The number of nitrogens with one attached hydrogen (secondary N) is 1. The van der Waals surface area contributed by atoms with E-state index in [9.17, 15) is 9.59 Å². The first-order valence-corrected chi connectivity index (χ1v) is 8.08. The molecule has 1 aliphatic rings. The maximum Gasteiger partial charge on any atom is 0.228 e. The lowest BCUT2D eigenvalue weighted by atomic mass is 9.93. The van der Waals surface area contributed by atoms with E-state index in [0.717, 1.165) is 12.8 Å². The molecule has 6 nitrogen and oxygen atoms in total. The van der Waals surface area contributed by atoms with Crippen molar-refractivity contribution in [1.82, 2.24) is 10.1 Å². The number of carbonyl (C=O) groups is 2. The Morgan fingerprint density at radius 1 is 1.36 bits per heavy atom. The zero-order valence-electron chi connectivity index (χ0n) is 13.6. The first kappa shape index (κ1) is 16.5. The van der Waals surface area contributed by atoms with Crippen molar-refractivity contribution in [3.05, 3.63) is 11.8 Å². The zero-order chi connectivity index (χ0) is 16.1. The van der Waals surface area contributed by atoms with E-state index in [2.05, 4.69) is 10.5 Å². The third kappa shape index (κ3) is 3.87. The number of piperidine rings is 1. The molecule has 0 atom stereocenters. The molecular weight excluding hydrogens is 282 g/mol. The van der Waals surface area contributed by atoms with Crippen molar-refractivity contribution in [2.45, 2.75) is 46.5 Å². The molecule has 1 aliphatic heterocycles. The van der Waals surface area contributed by atoms with E-state index in [0.29, 0.717) is 37.5 Å². The quantitative estimate of drug-likeness (QED) is 0.907. The SMILES string of the molecule is CCC(CC)C(=O)N1CCC(C(=O)Nc2cc(C)on2)CC1. The number of aryl methyl sites for hydroxylation is 1. The van der Waals surface area contributed by atoms with E-state index in [1.54, 1.807) is 13.0 Å². The van der Waals surface area contributed by atoms with Gasteiger partial charge in [-0.1, -0.05) is 19.0 Å². The van der Waals surface area contributed by atoms with Crippen molar-refractivity contribution in [2.75, 3.05) is 18.4 Å². The summed E-state index contributed by atoms with van der Waals surface area (Å²) >= 11 is 0. The van der Waals surface area contributed by atoms with E-state index >= 15 is 0 Å². The van der Waals surface area contributed by atoms with Crippen LogP contribution in [0.15, 0.2) is 10.6 Å². The topological polar surface area (TPSA) is 75.4 Å². The highest BCUT2D eigenvalue weighted by atomic mass is 16.5. The van der Waals surface area contributed by atoms with Gasteiger partial charge in [-0.2, -0.15) is 0 Å². The van der Waals surface area contributed by atoms with Gasteiger partial charge in [0.05, 0.1) is 0 Å². The van der Waals surface area contributed by atoms with Gasteiger partial charge in [0.25, 0.3) is 0 Å². The Bertz CT molecular complexity index is 514. The summed E-state index contributed by atoms with van der Waals surface area (Å²) in [7, 11) is 0. The molecule has 6 heteroatoms. The summed E-state index contributed by atoms with van der Waals surface area (Å²) in [6.45, 7) is 7.19. The molecule has 0 aromatic carbocycles. The van der Waals surface area contributed by atoms with Crippen molar-refractivity contribution < 1.29 is 14.1 Å². The van der Waals surface area contributed by atoms with Crippen LogP contribution in [0.3, 0.4) is 0 Å². The van der Waals surface area contributed by atoms with Crippen LogP contribution in [0, 0.1) is 18.8 Å². The maximum absolute atomic E-state index is 12.3. The van der Waals surface area contributed by atoms with Crippen LogP contribution in [0.1, 0.15) is 45.3 Å². The fourth-order valence-electron chi connectivity index (χ4n) is 2.91. The average molecular weight is 307 g/mol. The molecule has 0 bridgehead atoms. The summed E-state index contributed by atoms with van der Waals surface area (Å²) in [4.78, 5) is 26.4. The van der Waals surface area contributed by atoms with E-state index in [1.165, 1.54) is 0 Å². The minimum absolute atomic E-state index is 0.0390. The molecule has 1 saturated heterocycles. The van der Waals surface area contributed by atoms with Gasteiger partial charge in [0.2, 0.25) is 11.8 Å². The molecule has 0 unspecified atom stereocenters. The second-order valence-electron chi connectivity index (χ2n) is 5.93. The van der Waals surface area contributed by atoms with Gasteiger partial charge in [-0.05, 0) is 32.6 Å². The number of likely N-dealkylation sites (tertiary alicyclic amines) is 1. The molecule has 0 radical (unpaired) electrons. The molecular formula is C16H25N3O3. The van der Waals surface area contributed by atoms with Crippen LogP contribution in [-0.4, -0.2) is 35.0 Å². The smallest absolute Gasteiger partial charge is 0.228 e. The molecule has 1 N–H and O–H groups in total. The van der Waals surface area contributed by atoms with Crippen LogP contribution >= 0.6 is 0 Å². The first-order chi connectivity index (χ1) is 10.5. The molecule has 122 valence electrons. The summed E-state index contributed by atoms with van der Waals surface area (Å²) in [5, 5.41) is 6.54. The number of rotatable bonds is 5. The molecule has 22 heavy (non-hydrogen) atoms. The van der Waals surface area contributed by atoms with Gasteiger partial charge in [-0.15, -0.1) is 0 Å². The number of anilines is 1.